The maximum absolute atomic E-state index is 12.5. The summed E-state index contributed by atoms with van der Waals surface area (Å²) in [5.74, 6) is -1.69. The lowest BCUT2D eigenvalue weighted by Gasteiger charge is -2.43. The van der Waals surface area contributed by atoms with Crippen molar-refractivity contribution in [3.05, 3.63) is 0 Å². The van der Waals surface area contributed by atoms with Crippen molar-refractivity contribution >= 4 is 28.7 Å². The van der Waals surface area contributed by atoms with Crippen LogP contribution in [0.4, 0.5) is 4.79 Å². The molecule has 0 aromatic carbocycles. The fraction of sp³-hybridized carbons (Fsp3) is 0.920. The summed E-state index contributed by atoms with van der Waals surface area (Å²) < 4.78 is 18.6. The lowest BCUT2D eigenvalue weighted by molar-refractivity contribution is -0.146. The van der Waals surface area contributed by atoms with E-state index >= 15 is 0 Å². The third-order valence-corrected chi connectivity index (χ3v) is 16.3. The van der Waals surface area contributed by atoms with Gasteiger partial charge < -0.3 is 24.0 Å². The number of carboxylic acid groups (broad SMARTS) is 1. The number of carboxylic acids is 1. The maximum Gasteiger partial charge on any atom is 0.407 e. The molecule has 0 aliphatic rings. The van der Waals surface area contributed by atoms with Gasteiger partial charge in [0.1, 0.15) is 5.60 Å². The van der Waals surface area contributed by atoms with E-state index in [9.17, 15) is 14.7 Å². The average Bonchev–Trinajstić information content (AvgIpc) is 2.53. The lowest BCUT2D eigenvalue weighted by Crippen LogP contribution is -2.53. The number of hydrogen-bond acceptors (Lipinski definition) is 5. The Kier molecular flexibility index (Phi) is 11.1. The van der Waals surface area contributed by atoms with Crippen LogP contribution in [0.25, 0.3) is 0 Å². The number of hydrogen-bond donors (Lipinski definition) is 2. The summed E-state index contributed by atoms with van der Waals surface area (Å²) in [6, 6.07) is -0.439. The van der Waals surface area contributed by atoms with Gasteiger partial charge in [0.05, 0.1) is 24.2 Å². The minimum absolute atomic E-state index is 0.0348. The summed E-state index contributed by atoms with van der Waals surface area (Å²) in [4.78, 5) is 24.9. The maximum atomic E-state index is 12.5. The van der Waals surface area contributed by atoms with Crippen molar-refractivity contribution in [1.29, 1.82) is 0 Å². The zero-order valence-corrected chi connectivity index (χ0v) is 26.5. The first-order chi connectivity index (χ1) is 14.8. The monoisotopic (exact) mass is 519 g/mol. The standard InChI is InChI=1S/C25H53NO6Si2/c1-17(26-22(29)30-23(3,4)5)20(32-34(14,15)25(9,10)11)16-19(21(27)28)18(2)31-33(12,13)24(6,7)8/h17-20H,16H2,1-15H3,(H,26,29)(H,27,28)/t17-,18-,19+,20+/m0/s1. The molecule has 1 amide bonds. The Bertz CT molecular complexity index is 689. The van der Waals surface area contributed by atoms with Crippen molar-refractivity contribution in [2.24, 2.45) is 5.92 Å². The van der Waals surface area contributed by atoms with Crippen LogP contribution in [0.2, 0.25) is 36.3 Å². The third kappa shape index (κ3) is 10.4. The Hall–Kier alpha value is -0.906. The van der Waals surface area contributed by atoms with Crippen molar-refractivity contribution in [2.45, 2.75) is 143 Å². The predicted molar refractivity (Wildman–Crippen MR) is 144 cm³/mol. The van der Waals surface area contributed by atoms with Gasteiger partial charge in [0, 0.05) is 0 Å². The molecule has 4 atom stereocenters. The molecule has 0 aliphatic heterocycles. The van der Waals surface area contributed by atoms with Crippen molar-refractivity contribution in [1.82, 2.24) is 5.32 Å². The second kappa shape index (κ2) is 11.4. The van der Waals surface area contributed by atoms with Crippen LogP contribution >= 0.6 is 0 Å². The van der Waals surface area contributed by atoms with Crippen LogP contribution in [0.3, 0.4) is 0 Å². The molecule has 0 fully saturated rings. The number of carbonyl (C=O) groups excluding carboxylic acids is 1. The van der Waals surface area contributed by atoms with Crippen molar-refractivity contribution in [3.8, 4) is 0 Å². The summed E-state index contributed by atoms with van der Waals surface area (Å²) >= 11 is 0. The van der Waals surface area contributed by atoms with E-state index in [1.54, 1.807) is 20.8 Å². The van der Waals surface area contributed by atoms with Crippen molar-refractivity contribution in [3.63, 3.8) is 0 Å². The van der Waals surface area contributed by atoms with Gasteiger partial charge >= 0.3 is 12.1 Å². The third-order valence-electron chi connectivity index (χ3n) is 7.21. The summed E-state index contributed by atoms with van der Waals surface area (Å²) in [6.07, 6.45) is -1.30. The fourth-order valence-electron chi connectivity index (χ4n) is 2.96. The number of amides is 1. The SMILES string of the molecule is C[C@H](NC(=O)OC(C)(C)C)[C@@H](C[C@@H](C(=O)O)[C@H](C)O[Si](C)(C)C(C)(C)C)O[Si](C)(C)C(C)(C)C. The number of aliphatic carboxylic acids is 1. The molecule has 0 aromatic rings. The molecule has 0 aromatic heterocycles. The normalized spacial score (nSPS) is 17.5. The van der Waals surface area contributed by atoms with E-state index in [1.165, 1.54) is 0 Å². The van der Waals surface area contributed by atoms with E-state index in [0.29, 0.717) is 0 Å². The molecule has 0 rings (SSSR count). The average molecular weight is 520 g/mol. The summed E-state index contributed by atoms with van der Waals surface area (Å²) in [7, 11) is -4.43. The molecule has 34 heavy (non-hydrogen) atoms. The molecular formula is C25H53NO6Si2. The van der Waals surface area contributed by atoms with Crippen LogP contribution in [0.1, 0.15) is 82.6 Å². The Morgan fingerprint density at radius 2 is 1.24 bits per heavy atom. The van der Waals surface area contributed by atoms with Crippen LogP contribution in [0.5, 0.6) is 0 Å². The van der Waals surface area contributed by atoms with E-state index in [-0.39, 0.29) is 16.5 Å². The molecule has 202 valence electrons. The Balaban J connectivity index is 5.96. The molecule has 0 heterocycles. The minimum Gasteiger partial charge on any atom is -0.481 e. The number of nitrogens with one attached hydrogen (secondary N) is 1. The second-order valence-electron chi connectivity index (χ2n) is 13.6. The molecule has 9 heteroatoms. The number of ether oxygens (including phenoxy) is 1. The highest BCUT2D eigenvalue weighted by Crippen LogP contribution is 2.40. The Labute approximate surface area is 211 Å². The second-order valence-corrected chi connectivity index (χ2v) is 23.1. The molecule has 0 radical (unpaired) electrons. The van der Waals surface area contributed by atoms with E-state index in [0.717, 1.165) is 0 Å². The van der Waals surface area contributed by atoms with Crippen LogP contribution in [-0.4, -0.2) is 57.7 Å². The largest absolute Gasteiger partial charge is 0.481 e. The Morgan fingerprint density at radius 3 is 1.59 bits per heavy atom. The highest BCUT2D eigenvalue weighted by molar-refractivity contribution is 6.74. The zero-order valence-electron chi connectivity index (χ0n) is 24.5. The van der Waals surface area contributed by atoms with Gasteiger partial charge in [-0.1, -0.05) is 41.5 Å². The molecule has 0 saturated heterocycles. The molecule has 0 aliphatic carbocycles. The molecular weight excluding hydrogens is 466 g/mol. The van der Waals surface area contributed by atoms with Crippen LogP contribution < -0.4 is 5.32 Å². The quantitative estimate of drug-likeness (QED) is 0.309. The molecule has 7 nitrogen and oxygen atoms in total. The van der Waals surface area contributed by atoms with E-state index in [1.807, 2.05) is 13.8 Å². The molecule has 0 spiro atoms. The van der Waals surface area contributed by atoms with E-state index in [2.05, 4.69) is 73.0 Å². The van der Waals surface area contributed by atoms with Crippen molar-refractivity contribution < 1.29 is 28.3 Å². The first kappa shape index (κ1) is 33.1. The highest BCUT2D eigenvalue weighted by atomic mass is 28.4. The van der Waals surface area contributed by atoms with Crippen LogP contribution in [0, 0.1) is 5.92 Å². The summed E-state index contributed by atoms with van der Waals surface area (Å²) in [5.41, 5.74) is -0.630. The van der Waals surface area contributed by atoms with Gasteiger partial charge in [-0.3, -0.25) is 4.79 Å². The van der Waals surface area contributed by atoms with Crippen LogP contribution in [0.15, 0.2) is 0 Å². The van der Waals surface area contributed by atoms with Gasteiger partial charge in [-0.2, -0.15) is 0 Å². The van der Waals surface area contributed by atoms with E-state index in [4.69, 9.17) is 13.6 Å². The number of alkyl carbamates (subject to hydrolysis) is 1. The van der Waals surface area contributed by atoms with Crippen molar-refractivity contribution in [2.75, 3.05) is 0 Å². The van der Waals surface area contributed by atoms with Gasteiger partial charge in [0.2, 0.25) is 0 Å². The fourth-order valence-corrected chi connectivity index (χ4v) is 5.82. The van der Waals surface area contributed by atoms with E-state index < -0.39 is 58.5 Å². The van der Waals surface area contributed by atoms with Gasteiger partial charge in [0.15, 0.2) is 16.6 Å². The smallest absolute Gasteiger partial charge is 0.407 e. The number of carbonyl (C=O) groups is 2. The summed E-state index contributed by atoms with van der Waals surface area (Å²) in [6.45, 7) is 30.4. The zero-order chi connectivity index (χ0) is 27.5. The molecule has 0 unspecified atom stereocenters. The van der Waals surface area contributed by atoms with Gasteiger partial charge in [-0.15, -0.1) is 0 Å². The molecule has 0 bridgehead atoms. The minimum atomic E-state index is -2.26. The highest BCUT2D eigenvalue weighted by Gasteiger charge is 2.44. The first-order valence-corrected chi connectivity index (χ1v) is 18.2. The van der Waals surface area contributed by atoms with Crippen LogP contribution in [-0.2, 0) is 18.4 Å². The van der Waals surface area contributed by atoms with Gasteiger partial charge in [0.25, 0.3) is 0 Å². The predicted octanol–water partition coefficient (Wildman–Crippen LogP) is 6.79. The summed E-state index contributed by atoms with van der Waals surface area (Å²) in [5, 5.41) is 12.9. The van der Waals surface area contributed by atoms with Gasteiger partial charge in [-0.25, -0.2) is 4.79 Å². The Morgan fingerprint density at radius 1 is 0.824 bits per heavy atom. The first-order valence-electron chi connectivity index (χ1n) is 12.4. The number of rotatable bonds is 10. The molecule has 2 N–H and O–H groups in total. The molecule has 0 saturated carbocycles. The van der Waals surface area contributed by atoms with Gasteiger partial charge in [-0.05, 0) is 77.3 Å². The topological polar surface area (TPSA) is 94.1 Å². The lowest BCUT2D eigenvalue weighted by atomic mass is 9.94.